The number of hydrogen-bond acceptors (Lipinski definition) is 6. The third kappa shape index (κ3) is 1.58. The maximum absolute atomic E-state index is 9.20. The predicted molar refractivity (Wildman–Crippen MR) is 38.0 cm³/mol. The molecule has 12 heavy (non-hydrogen) atoms. The van der Waals surface area contributed by atoms with Gasteiger partial charge in [-0.2, -0.15) is 0 Å². The summed E-state index contributed by atoms with van der Waals surface area (Å²) in [5.74, 6) is 0. The molecule has 72 valence electrons. The Morgan fingerprint density at radius 1 is 1.17 bits per heavy atom. The van der Waals surface area contributed by atoms with Crippen molar-refractivity contribution in [3.8, 4) is 0 Å². The van der Waals surface area contributed by atoms with Gasteiger partial charge in [0.05, 0.1) is 12.6 Å². The molecular weight excluding hydrogens is 166 g/mol. The average molecular weight is 179 g/mol. The molecule has 0 radical (unpaired) electrons. The maximum atomic E-state index is 9.20. The molecule has 0 aromatic carbocycles. The molecule has 0 spiro atoms. The van der Waals surface area contributed by atoms with Crippen molar-refractivity contribution < 1.29 is 25.2 Å². The quantitative estimate of drug-likeness (QED) is 0.288. The molecule has 0 amide bonds. The van der Waals surface area contributed by atoms with Crippen molar-refractivity contribution in [1.82, 2.24) is 0 Å². The van der Waals surface area contributed by atoms with E-state index in [1.807, 2.05) is 0 Å². The number of rotatable bonds is 1. The van der Waals surface area contributed by atoms with Crippen LogP contribution in [-0.2, 0) is 4.74 Å². The number of ether oxygens (including phenoxy) is 1. The zero-order chi connectivity index (χ0) is 9.30. The molecule has 0 aliphatic carbocycles. The normalized spacial score (nSPS) is 49.2. The van der Waals surface area contributed by atoms with Crippen LogP contribution in [0.2, 0.25) is 0 Å². The minimum absolute atomic E-state index is 0.470. The largest absolute Gasteiger partial charge is 0.394 e. The summed E-state index contributed by atoms with van der Waals surface area (Å²) < 4.78 is 4.70. The molecule has 6 nitrogen and oxygen atoms in total. The van der Waals surface area contributed by atoms with E-state index in [-0.39, 0.29) is 0 Å². The summed E-state index contributed by atoms with van der Waals surface area (Å²) >= 11 is 0. The second-order valence-electron chi connectivity index (χ2n) is 2.81. The van der Waals surface area contributed by atoms with E-state index in [1.54, 1.807) is 0 Å². The summed E-state index contributed by atoms with van der Waals surface area (Å²) in [7, 11) is 0. The van der Waals surface area contributed by atoms with Gasteiger partial charge in [-0.05, 0) is 0 Å². The molecule has 0 aromatic heterocycles. The van der Waals surface area contributed by atoms with Crippen molar-refractivity contribution in [2.24, 2.45) is 5.73 Å². The first-order chi connectivity index (χ1) is 5.57. The van der Waals surface area contributed by atoms with E-state index in [1.165, 1.54) is 0 Å². The van der Waals surface area contributed by atoms with Crippen LogP contribution in [-0.4, -0.2) is 57.7 Å². The zero-order valence-corrected chi connectivity index (χ0v) is 6.37. The van der Waals surface area contributed by atoms with Crippen LogP contribution in [0.4, 0.5) is 0 Å². The summed E-state index contributed by atoms with van der Waals surface area (Å²) in [6, 6.07) is -1.04. The summed E-state index contributed by atoms with van der Waals surface area (Å²) in [5.41, 5.74) is 5.26. The van der Waals surface area contributed by atoms with E-state index in [0.29, 0.717) is 0 Å². The first-order valence-electron chi connectivity index (χ1n) is 3.64. The van der Waals surface area contributed by atoms with Crippen molar-refractivity contribution in [2.75, 3.05) is 6.61 Å². The van der Waals surface area contributed by atoms with E-state index in [4.69, 9.17) is 20.7 Å². The Hall–Kier alpha value is -0.240. The van der Waals surface area contributed by atoms with Crippen LogP contribution < -0.4 is 5.73 Å². The summed E-state index contributed by atoms with van der Waals surface area (Å²) in [5, 5.41) is 36.1. The number of nitrogens with two attached hydrogens (primary N) is 1. The number of hydrogen-bond donors (Lipinski definition) is 5. The van der Waals surface area contributed by atoms with Crippen LogP contribution in [0, 0.1) is 0 Å². The van der Waals surface area contributed by atoms with Gasteiger partial charge in [0.1, 0.15) is 18.3 Å². The fraction of sp³-hybridized carbons (Fsp3) is 1.00. The Kier molecular flexibility index (Phi) is 2.99. The lowest BCUT2D eigenvalue weighted by atomic mass is 9.98. The highest BCUT2D eigenvalue weighted by atomic mass is 16.6. The van der Waals surface area contributed by atoms with Gasteiger partial charge >= 0.3 is 0 Å². The second-order valence-corrected chi connectivity index (χ2v) is 2.81. The standard InChI is InChI=1S/C6H13NO5/c7-3-5(10)4(9)2(1-8)12-6(3)11/h2-6,8-11H,1,7H2/t2-,3-,4+,5+,6+/m1/s1. The number of aliphatic hydroxyl groups excluding tert-OH is 4. The van der Waals surface area contributed by atoms with Gasteiger partial charge in [-0.3, -0.25) is 0 Å². The molecule has 6 N–H and O–H groups in total. The van der Waals surface area contributed by atoms with Gasteiger partial charge in [0, 0.05) is 0 Å². The molecule has 5 atom stereocenters. The molecule has 1 aliphatic rings. The minimum atomic E-state index is -1.35. The first kappa shape index (κ1) is 9.85. The van der Waals surface area contributed by atoms with Crippen molar-refractivity contribution in [2.45, 2.75) is 30.6 Å². The highest BCUT2D eigenvalue weighted by molar-refractivity contribution is 4.90. The monoisotopic (exact) mass is 179 g/mol. The van der Waals surface area contributed by atoms with Crippen LogP contribution in [0.25, 0.3) is 0 Å². The second kappa shape index (κ2) is 3.65. The van der Waals surface area contributed by atoms with Crippen LogP contribution >= 0.6 is 0 Å². The lowest BCUT2D eigenvalue weighted by Gasteiger charge is -2.38. The molecule has 0 aromatic rings. The fourth-order valence-electron chi connectivity index (χ4n) is 1.12. The fourth-order valence-corrected chi connectivity index (χ4v) is 1.12. The molecule has 0 unspecified atom stereocenters. The Morgan fingerprint density at radius 2 is 1.75 bits per heavy atom. The highest BCUT2D eigenvalue weighted by Crippen LogP contribution is 2.17. The van der Waals surface area contributed by atoms with Crippen molar-refractivity contribution in [3.05, 3.63) is 0 Å². The predicted octanol–water partition coefficient (Wildman–Crippen LogP) is -3.26. The lowest BCUT2D eigenvalue weighted by Crippen LogP contribution is -2.61. The van der Waals surface area contributed by atoms with Crippen LogP contribution in [0.1, 0.15) is 0 Å². The van der Waals surface area contributed by atoms with Gasteiger partial charge in [-0.1, -0.05) is 0 Å². The molecule has 1 heterocycles. The zero-order valence-electron chi connectivity index (χ0n) is 6.37. The molecular formula is C6H13NO5. The Balaban J connectivity index is 2.63. The Labute approximate surface area is 69.2 Å². The van der Waals surface area contributed by atoms with Gasteiger partial charge in [0.2, 0.25) is 0 Å². The first-order valence-corrected chi connectivity index (χ1v) is 3.64. The third-order valence-corrected chi connectivity index (χ3v) is 1.95. The third-order valence-electron chi connectivity index (χ3n) is 1.95. The summed E-state index contributed by atoms with van der Waals surface area (Å²) in [4.78, 5) is 0. The number of aliphatic hydroxyl groups is 4. The Morgan fingerprint density at radius 3 is 2.25 bits per heavy atom. The maximum Gasteiger partial charge on any atom is 0.173 e. The Bertz CT molecular complexity index is 150. The molecule has 1 fully saturated rings. The van der Waals surface area contributed by atoms with E-state index in [9.17, 15) is 10.2 Å². The van der Waals surface area contributed by atoms with Gasteiger partial charge in [0.15, 0.2) is 6.29 Å². The van der Waals surface area contributed by atoms with Gasteiger partial charge in [0.25, 0.3) is 0 Å². The lowest BCUT2D eigenvalue weighted by molar-refractivity contribution is -0.248. The molecule has 1 saturated heterocycles. The van der Waals surface area contributed by atoms with Crippen LogP contribution in [0.15, 0.2) is 0 Å². The van der Waals surface area contributed by atoms with Crippen molar-refractivity contribution >= 4 is 0 Å². The highest BCUT2D eigenvalue weighted by Gasteiger charge is 2.41. The van der Waals surface area contributed by atoms with Crippen molar-refractivity contribution in [3.63, 3.8) is 0 Å². The van der Waals surface area contributed by atoms with E-state index >= 15 is 0 Å². The molecule has 1 aliphatic heterocycles. The smallest absolute Gasteiger partial charge is 0.173 e. The van der Waals surface area contributed by atoms with E-state index in [0.717, 1.165) is 0 Å². The molecule has 0 saturated carbocycles. The average Bonchev–Trinajstić information content (AvgIpc) is 2.08. The molecule has 0 bridgehead atoms. The minimum Gasteiger partial charge on any atom is -0.394 e. The van der Waals surface area contributed by atoms with Crippen LogP contribution in [0.5, 0.6) is 0 Å². The van der Waals surface area contributed by atoms with Crippen LogP contribution in [0.3, 0.4) is 0 Å². The van der Waals surface area contributed by atoms with E-state index in [2.05, 4.69) is 0 Å². The summed E-state index contributed by atoms with van der Waals surface area (Å²) in [6.07, 6.45) is -4.85. The summed E-state index contributed by atoms with van der Waals surface area (Å²) in [6.45, 7) is -0.470. The van der Waals surface area contributed by atoms with Gasteiger partial charge in [-0.25, -0.2) is 0 Å². The molecule has 6 heteroatoms. The topological polar surface area (TPSA) is 116 Å². The van der Waals surface area contributed by atoms with E-state index < -0.39 is 37.3 Å². The van der Waals surface area contributed by atoms with Gasteiger partial charge in [-0.15, -0.1) is 0 Å². The SMILES string of the molecule is N[C@@H]1[C@H](O)[C@@H](O)[C@@H](CO)O[C@@H]1O. The van der Waals surface area contributed by atoms with Crippen molar-refractivity contribution in [1.29, 1.82) is 0 Å². The molecule has 1 rings (SSSR count). The van der Waals surface area contributed by atoms with Gasteiger partial charge < -0.3 is 30.9 Å².